The van der Waals surface area contributed by atoms with Crippen LogP contribution < -0.4 is 5.73 Å². The first-order valence-electron chi connectivity index (χ1n) is 6.66. The Hall–Kier alpha value is -2.88. The molecule has 0 saturated heterocycles. The van der Waals surface area contributed by atoms with Crippen LogP contribution in [0.4, 0.5) is 0 Å². The van der Waals surface area contributed by atoms with Gasteiger partial charge in [-0.1, -0.05) is 48.5 Å². The van der Waals surface area contributed by atoms with Crippen LogP contribution in [0, 0.1) is 10.1 Å². The second-order valence-corrected chi connectivity index (χ2v) is 4.89. The Morgan fingerprint density at radius 3 is 2.10 bits per heavy atom. The Morgan fingerprint density at radius 1 is 1.05 bits per heavy atom. The van der Waals surface area contributed by atoms with Gasteiger partial charge in [0.15, 0.2) is 0 Å². The number of nitrogens with zero attached hydrogens (tertiary/aromatic N) is 1. The van der Waals surface area contributed by atoms with Gasteiger partial charge in [-0.25, -0.2) is 0 Å². The molecule has 0 aliphatic rings. The van der Waals surface area contributed by atoms with E-state index in [1.807, 2.05) is 48.5 Å². The highest BCUT2D eigenvalue weighted by Crippen LogP contribution is 2.29. The van der Waals surface area contributed by atoms with Crippen molar-refractivity contribution in [2.45, 2.75) is 6.42 Å². The fourth-order valence-corrected chi connectivity index (χ4v) is 2.61. The molecule has 0 aromatic heterocycles. The van der Waals surface area contributed by atoms with Crippen LogP contribution in [-0.4, -0.2) is 4.92 Å². The van der Waals surface area contributed by atoms with Crippen molar-refractivity contribution in [2.75, 3.05) is 0 Å². The lowest BCUT2D eigenvalue weighted by atomic mass is 9.95. The number of hydrogen-bond donors (Lipinski definition) is 1. The van der Waals surface area contributed by atoms with Gasteiger partial charge < -0.3 is 10.1 Å². The molecule has 104 valence electrons. The third kappa shape index (κ3) is 2.43. The van der Waals surface area contributed by atoms with E-state index in [9.17, 15) is 10.1 Å². The third-order valence-electron chi connectivity index (χ3n) is 3.61. The SMILES string of the molecule is N/C(=C\Cc1c2ccccc2cc2ccccc12)[N+](=O)[O-]. The van der Waals surface area contributed by atoms with Gasteiger partial charge in [-0.3, -0.25) is 5.73 Å². The Balaban J connectivity index is 2.25. The molecular weight excluding hydrogens is 264 g/mol. The fraction of sp³-hybridized carbons (Fsp3) is 0.0588. The normalized spacial score (nSPS) is 11.9. The lowest BCUT2D eigenvalue weighted by molar-refractivity contribution is -0.426. The second kappa shape index (κ2) is 5.25. The Kier molecular flexibility index (Phi) is 3.28. The highest BCUT2D eigenvalue weighted by atomic mass is 16.6. The number of hydrogen-bond acceptors (Lipinski definition) is 3. The summed E-state index contributed by atoms with van der Waals surface area (Å²) in [5, 5.41) is 15.1. The minimum Gasteiger partial charge on any atom is -0.358 e. The van der Waals surface area contributed by atoms with Gasteiger partial charge in [-0.2, -0.15) is 0 Å². The summed E-state index contributed by atoms with van der Waals surface area (Å²) in [6, 6.07) is 18.2. The van der Waals surface area contributed by atoms with Crippen molar-refractivity contribution in [1.82, 2.24) is 0 Å². The van der Waals surface area contributed by atoms with Crippen molar-refractivity contribution in [3.05, 3.63) is 82.2 Å². The smallest absolute Gasteiger partial charge is 0.310 e. The largest absolute Gasteiger partial charge is 0.358 e. The molecular formula is C17H14N2O2. The minimum absolute atomic E-state index is 0.313. The number of fused-ring (bicyclic) bond motifs is 2. The molecule has 2 N–H and O–H groups in total. The molecule has 0 heterocycles. The first kappa shape index (κ1) is 13.1. The van der Waals surface area contributed by atoms with Gasteiger partial charge in [-0.15, -0.1) is 0 Å². The summed E-state index contributed by atoms with van der Waals surface area (Å²) in [6.07, 6.45) is 1.91. The van der Waals surface area contributed by atoms with Crippen LogP contribution in [0.1, 0.15) is 5.56 Å². The van der Waals surface area contributed by atoms with Crippen LogP contribution in [0.3, 0.4) is 0 Å². The van der Waals surface area contributed by atoms with Gasteiger partial charge in [0.05, 0.1) is 0 Å². The first-order chi connectivity index (χ1) is 10.2. The Bertz CT molecular complexity index is 815. The third-order valence-corrected chi connectivity index (χ3v) is 3.61. The molecule has 0 radical (unpaired) electrons. The predicted molar refractivity (Wildman–Crippen MR) is 84.4 cm³/mol. The summed E-state index contributed by atoms with van der Waals surface area (Å²) in [5.74, 6) is -0.313. The van der Waals surface area contributed by atoms with E-state index in [2.05, 4.69) is 6.07 Å². The zero-order valence-corrected chi connectivity index (χ0v) is 11.3. The second-order valence-electron chi connectivity index (χ2n) is 4.89. The van der Waals surface area contributed by atoms with Gasteiger partial charge in [0.1, 0.15) is 0 Å². The van der Waals surface area contributed by atoms with E-state index in [4.69, 9.17) is 5.73 Å². The number of benzene rings is 3. The Labute approximate surface area is 121 Å². The van der Waals surface area contributed by atoms with E-state index in [0.717, 1.165) is 27.1 Å². The molecule has 0 spiro atoms. The fourth-order valence-electron chi connectivity index (χ4n) is 2.61. The van der Waals surface area contributed by atoms with Crippen LogP contribution in [0.2, 0.25) is 0 Å². The summed E-state index contributed by atoms with van der Waals surface area (Å²) in [7, 11) is 0. The van der Waals surface area contributed by atoms with Crippen LogP contribution in [0.5, 0.6) is 0 Å². The van der Waals surface area contributed by atoms with Crippen molar-refractivity contribution >= 4 is 21.5 Å². The van der Waals surface area contributed by atoms with Gasteiger partial charge in [0.25, 0.3) is 0 Å². The van der Waals surface area contributed by atoms with Crippen molar-refractivity contribution in [3.8, 4) is 0 Å². The summed E-state index contributed by atoms with van der Waals surface area (Å²) in [5.41, 5.74) is 6.48. The molecule has 0 aliphatic heterocycles. The number of nitro groups is 1. The molecule has 21 heavy (non-hydrogen) atoms. The zero-order chi connectivity index (χ0) is 14.8. The molecule has 0 bridgehead atoms. The summed E-state index contributed by atoms with van der Waals surface area (Å²) in [6.45, 7) is 0. The van der Waals surface area contributed by atoms with Crippen molar-refractivity contribution in [1.29, 1.82) is 0 Å². The average molecular weight is 278 g/mol. The molecule has 3 aromatic carbocycles. The van der Waals surface area contributed by atoms with E-state index >= 15 is 0 Å². The van der Waals surface area contributed by atoms with E-state index in [1.165, 1.54) is 6.08 Å². The van der Waals surface area contributed by atoms with Crippen molar-refractivity contribution < 1.29 is 4.92 Å². The van der Waals surface area contributed by atoms with Gasteiger partial charge >= 0.3 is 5.82 Å². The quantitative estimate of drug-likeness (QED) is 0.452. The maximum atomic E-state index is 10.7. The monoisotopic (exact) mass is 278 g/mol. The van der Waals surface area contributed by atoms with Gasteiger partial charge in [0, 0.05) is 6.08 Å². The van der Waals surface area contributed by atoms with E-state index in [1.54, 1.807) is 0 Å². The van der Waals surface area contributed by atoms with Crippen LogP contribution >= 0.6 is 0 Å². The summed E-state index contributed by atoms with van der Waals surface area (Å²) >= 11 is 0. The molecule has 0 fully saturated rings. The van der Waals surface area contributed by atoms with Crippen LogP contribution in [0.15, 0.2) is 66.5 Å². The van der Waals surface area contributed by atoms with Crippen LogP contribution in [0.25, 0.3) is 21.5 Å². The summed E-state index contributed by atoms with van der Waals surface area (Å²) in [4.78, 5) is 10.1. The molecule has 0 amide bonds. The maximum Gasteiger partial charge on any atom is 0.310 e. The van der Waals surface area contributed by atoms with E-state index in [-0.39, 0.29) is 5.82 Å². The lowest BCUT2D eigenvalue weighted by Gasteiger charge is -2.09. The van der Waals surface area contributed by atoms with Crippen molar-refractivity contribution in [2.24, 2.45) is 5.73 Å². The number of rotatable bonds is 3. The molecule has 3 rings (SSSR count). The zero-order valence-electron chi connectivity index (χ0n) is 11.3. The van der Waals surface area contributed by atoms with E-state index in [0.29, 0.717) is 6.42 Å². The van der Waals surface area contributed by atoms with Crippen LogP contribution in [-0.2, 0) is 6.42 Å². The van der Waals surface area contributed by atoms with Gasteiger partial charge in [-0.05, 0) is 44.5 Å². The summed E-state index contributed by atoms with van der Waals surface area (Å²) < 4.78 is 0. The molecule has 4 heteroatoms. The molecule has 3 aromatic rings. The highest BCUT2D eigenvalue weighted by Gasteiger charge is 2.08. The van der Waals surface area contributed by atoms with Gasteiger partial charge in [0.2, 0.25) is 0 Å². The molecule has 0 aliphatic carbocycles. The predicted octanol–water partition coefficient (Wildman–Crippen LogP) is 3.61. The number of allylic oxidation sites excluding steroid dienone is 1. The lowest BCUT2D eigenvalue weighted by Crippen LogP contribution is -2.08. The Morgan fingerprint density at radius 2 is 1.57 bits per heavy atom. The molecule has 0 unspecified atom stereocenters. The standard InChI is InChI=1S/C17H14N2O2/c18-17(19(20)21)10-9-16-14-7-3-1-5-12(14)11-13-6-2-4-8-15(13)16/h1-8,10-11H,9,18H2/b17-10+. The molecule has 0 saturated carbocycles. The minimum atomic E-state index is -0.562. The highest BCUT2D eigenvalue weighted by molar-refractivity contribution is 6.02. The molecule has 0 atom stereocenters. The average Bonchev–Trinajstić information content (AvgIpc) is 2.51. The topological polar surface area (TPSA) is 69.2 Å². The molecule has 4 nitrogen and oxygen atoms in total. The van der Waals surface area contributed by atoms with Crippen molar-refractivity contribution in [3.63, 3.8) is 0 Å². The number of nitrogens with two attached hydrogens (primary N) is 1. The van der Waals surface area contributed by atoms with E-state index < -0.39 is 4.92 Å². The first-order valence-corrected chi connectivity index (χ1v) is 6.66. The maximum absolute atomic E-state index is 10.7.